The molecule has 1 aliphatic rings. The summed E-state index contributed by atoms with van der Waals surface area (Å²) >= 11 is 0. The average molecular weight is 285 g/mol. The molecule has 0 radical (unpaired) electrons. The fraction of sp³-hybridized carbons (Fsp3) is 0.667. The molecule has 0 saturated carbocycles. The normalized spacial score (nSPS) is 19.6. The van der Waals surface area contributed by atoms with E-state index in [1.807, 2.05) is 0 Å². The van der Waals surface area contributed by atoms with E-state index in [-0.39, 0.29) is 13.1 Å². The van der Waals surface area contributed by atoms with E-state index < -0.39 is 35.4 Å². The summed E-state index contributed by atoms with van der Waals surface area (Å²) in [6, 6.07) is -1.46. The molecule has 1 atom stereocenters. The Morgan fingerprint density at radius 1 is 1.45 bits per heavy atom. The summed E-state index contributed by atoms with van der Waals surface area (Å²) in [7, 11) is 0. The summed E-state index contributed by atoms with van der Waals surface area (Å²) in [5.41, 5.74) is -1.43. The van der Waals surface area contributed by atoms with Crippen molar-refractivity contribution in [1.29, 1.82) is 0 Å². The van der Waals surface area contributed by atoms with Gasteiger partial charge in [-0.3, -0.25) is 14.9 Å². The summed E-state index contributed by atoms with van der Waals surface area (Å²) < 4.78 is 0. The van der Waals surface area contributed by atoms with Crippen LogP contribution in [0.15, 0.2) is 0 Å². The minimum Gasteiger partial charge on any atom is -0.480 e. The number of imide groups is 1. The third kappa shape index (κ3) is 2.73. The van der Waals surface area contributed by atoms with Crippen molar-refractivity contribution < 1.29 is 24.3 Å². The van der Waals surface area contributed by atoms with Crippen LogP contribution in [0.4, 0.5) is 4.79 Å². The van der Waals surface area contributed by atoms with Gasteiger partial charge in [0.2, 0.25) is 11.8 Å². The molecular formula is C12H19N3O5. The van der Waals surface area contributed by atoms with Crippen molar-refractivity contribution in [1.82, 2.24) is 15.1 Å². The van der Waals surface area contributed by atoms with Crippen LogP contribution in [-0.4, -0.2) is 63.4 Å². The molecule has 20 heavy (non-hydrogen) atoms. The summed E-state index contributed by atoms with van der Waals surface area (Å²) in [6.45, 7) is 5.80. The van der Waals surface area contributed by atoms with Crippen LogP contribution in [0.1, 0.15) is 27.7 Å². The molecule has 4 amide bonds. The van der Waals surface area contributed by atoms with E-state index in [4.69, 9.17) is 0 Å². The minimum absolute atomic E-state index is 0.150. The number of hydrogen-bond acceptors (Lipinski definition) is 4. The maximum atomic E-state index is 12.4. The Hall–Kier alpha value is -2.12. The van der Waals surface area contributed by atoms with Crippen LogP contribution in [0.5, 0.6) is 0 Å². The first kappa shape index (κ1) is 15.9. The second kappa shape index (κ2) is 5.48. The number of carbonyl (C=O) groups is 4. The van der Waals surface area contributed by atoms with Crippen LogP contribution in [-0.2, 0) is 14.4 Å². The molecule has 1 rings (SSSR count). The Morgan fingerprint density at radius 2 is 2.00 bits per heavy atom. The Labute approximate surface area is 116 Å². The topological polar surface area (TPSA) is 107 Å². The van der Waals surface area contributed by atoms with E-state index >= 15 is 0 Å². The average Bonchev–Trinajstić information content (AvgIpc) is 2.33. The van der Waals surface area contributed by atoms with Crippen molar-refractivity contribution in [2.24, 2.45) is 0 Å². The Kier molecular flexibility index (Phi) is 4.36. The summed E-state index contributed by atoms with van der Waals surface area (Å²) in [6.07, 6.45) is 0. The lowest BCUT2D eigenvalue weighted by Gasteiger charge is -2.40. The molecule has 0 aromatic rings. The Balaban J connectivity index is 3.05. The SMILES string of the molecule is CCN(C(=O)N1CC(=O)NC(=O)C1C)C(C)(C)C(=O)O. The predicted octanol–water partition coefficient (Wildman–Crippen LogP) is -0.362. The van der Waals surface area contributed by atoms with E-state index in [1.54, 1.807) is 6.92 Å². The van der Waals surface area contributed by atoms with Gasteiger partial charge in [-0.1, -0.05) is 0 Å². The first-order valence-electron chi connectivity index (χ1n) is 6.28. The number of piperazine rings is 1. The molecule has 112 valence electrons. The van der Waals surface area contributed by atoms with Gasteiger partial charge in [-0.15, -0.1) is 0 Å². The van der Waals surface area contributed by atoms with Gasteiger partial charge in [-0.05, 0) is 27.7 Å². The third-order valence-electron chi connectivity index (χ3n) is 3.41. The van der Waals surface area contributed by atoms with Crippen LogP contribution < -0.4 is 5.32 Å². The number of amides is 4. The van der Waals surface area contributed by atoms with Gasteiger partial charge in [-0.25, -0.2) is 9.59 Å². The monoisotopic (exact) mass is 285 g/mol. The lowest BCUT2D eigenvalue weighted by atomic mass is 10.0. The molecule has 1 aliphatic heterocycles. The zero-order chi connectivity index (χ0) is 15.7. The van der Waals surface area contributed by atoms with Gasteiger partial charge < -0.3 is 14.9 Å². The number of likely N-dealkylation sites (N-methyl/N-ethyl adjacent to an activating group) is 1. The molecule has 1 heterocycles. The van der Waals surface area contributed by atoms with E-state index in [2.05, 4.69) is 5.32 Å². The van der Waals surface area contributed by atoms with Gasteiger partial charge in [0.15, 0.2) is 0 Å². The Bertz CT molecular complexity index is 460. The zero-order valence-corrected chi connectivity index (χ0v) is 12.0. The molecular weight excluding hydrogens is 266 g/mol. The van der Waals surface area contributed by atoms with Gasteiger partial charge in [0, 0.05) is 6.54 Å². The fourth-order valence-corrected chi connectivity index (χ4v) is 1.99. The highest BCUT2D eigenvalue weighted by atomic mass is 16.4. The molecule has 1 unspecified atom stereocenters. The maximum Gasteiger partial charge on any atom is 0.329 e. The van der Waals surface area contributed by atoms with E-state index in [0.29, 0.717) is 0 Å². The molecule has 8 nitrogen and oxygen atoms in total. The first-order valence-corrected chi connectivity index (χ1v) is 6.28. The second-order valence-corrected chi connectivity index (χ2v) is 5.11. The number of carbonyl (C=O) groups excluding carboxylic acids is 3. The summed E-state index contributed by atoms with van der Waals surface area (Å²) in [5, 5.41) is 11.3. The van der Waals surface area contributed by atoms with Gasteiger partial charge in [-0.2, -0.15) is 0 Å². The van der Waals surface area contributed by atoms with Crippen LogP contribution in [0.25, 0.3) is 0 Å². The smallest absolute Gasteiger partial charge is 0.329 e. The number of carboxylic acid groups (broad SMARTS) is 1. The molecule has 2 N–H and O–H groups in total. The minimum atomic E-state index is -1.43. The van der Waals surface area contributed by atoms with Crippen molar-refractivity contribution in [3.05, 3.63) is 0 Å². The Morgan fingerprint density at radius 3 is 2.45 bits per heavy atom. The quantitative estimate of drug-likeness (QED) is 0.688. The molecule has 1 fully saturated rings. The van der Waals surface area contributed by atoms with Crippen molar-refractivity contribution in [2.75, 3.05) is 13.1 Å². The van der Waals surface area contributed by atoms with Crippen LogP contribution in [0, 0.1) is 0 Å². The number of rotatable bonds is 3. The lowest BCUT2D eigenvalue weighted by molar-refractivity contribution is -0.148. The van der Waals surface area contributed by atoms with Crippen molar-refractivity contribution >= 4 is 23.8 Å². The number of urea groups is 1. The lowest BCUT2D eigenvalue weighted by Crippen LogP contribution is -2.64. The number of carboxylic acids is 1. The number of hydrogen-bond donors (Lipinski definition) is 2. The first-order chi connectivity index (χ1) is 9.12. The number of aliphatic carboxylic acids is 1. The van der Waals surface area contributed by atoms with Gasteiger partial charge in [0.25, 0.3) is 0 Å². The fourth-order valence-electron chi connectivity index (χ4n) is 1.99. The molecule has 0 spiro atoms. The summed E-state index contributed by atoms with van der Waals surface area (Å²) in [5.74, 6) is -2.31. The summed E-state index contributed by atoms with van der Waals surface area (Å²) in [4.78, 5) is 48.8. The number of nitrogens with one attached hydrogen (secondary N) is 1. The van der Waals surface area contributed by atoms with Crippen LogP contribution >= 0.6 is 0 Å². The third-order valence-corrected chi connectivity index (χ3v) is 3.41. The van der Waals surface area contributed by atoms with Crippen LogP contribution in [0.3, 0.4) is 0 Å². The van der Waals surface area contributed by atoms with Gasteiger partial charge >= 0.3 is 12.0 Å². The molecule has 0 aromatic carbocycles. The molecule has 0 aromatic heterocycles. The van der Waals surface area contributed by atoms with Crippen molar-refractivity contribution in [3.8, 4) is 0 Å². The maximum absolute atomic E-state index is 12.4. The molecule has 0 bridgehead atoms. The predicted molar refractivity (Wildman–Crippen MR) is 68.8 cm³/mol. The van der Waals surface area contributed by atoms with Gasteiger partial charge in [0.05, 0.1) is 0 Å². The van der Waals surface area contributed by atoms with Crippen LogP contribution in [0.2, 0.25) is 0 Å². The largest absolute Gasteiger partial charge is 0.480 e. The van der Waals surface area contributed by atoms with E-state index in [9.17, 15) is 24.3 Å². The van der Waals surface area contributed by atoms with Gasteiger partial charge in [0.1, 0.15) is 18.1 Å². The van der Waals surface area contributed by atoms with Crippen molar-refractivity contribution in [3.63, 3.8) is 0 Å². The molecule has 8 heteroatoms. The molecule has 1 saturated heterocycles. The van der Waals surface area contributed by atoms with Crippen molar-refractivity contribution in [2.45, 2.75) is 39.3 Å². The highest BCUT2D eigenvalue weighted by Crippen LogP contribution is 2.19. The highest BCUT2D eigenvalue weighted by Gasteiger charge is 2.42. The van der Waals surface area contributed by atoms with E-state index in [1.165, 1.54) is 20.8 Å². The highest BCUT2D eigenvalue weighted by molar-refractivity contribution is 6.04. The standard InChI is InChI=1S/C12H19N3O5/c1-5-15(12(3,4)10(18)19)11(20)14-6-8(16)13-9(17)7(14)2/h7H,5-6H2,1-4H3,(H,18,19)(H,13,16,17). The molecule has 0 aliphatic carbocycles. The van der Waals surface area contributed by atoms with E-state index in [0.717, 1.165) is 9.80 Å². The number of nitrogens with zero attached hydrogens (tertiary/aromatic N) is 2. The zero-order valence-electron chi connectivity index (χ0n) is 12.0. The second-order valence-electron chi connectivity index (χ2n) is 5.11.